The van der Waals surface area contributed by atoms with Crippen LogP contribution in [0, 0.1) is 21.4 Å². The van der Waals surface area contributed by atoms with Crippen LogP contribution in [0.25, 0.3) is 16.8 Å². The fourth-order valence-electron chi connectivity index (χ4n) is 3.39. The molecule has 9 nitrogen and oxygen atoms in total. The van der Waals surface area contributed by atoms with Gasteiger partial charge in [-0.2, -0.15) is 5.26 Å². The molecule has 3 aromatic carbocycles. The molecule has 0 bridgehead atoms. The second-order valence-corrected chi connectivity index (χ2v) is 9.37. The number of rotatable bonds is 6. The molecule has 174 valence electrons. The molecule has 0 atom stereocenters. The molecular formula is C24H16ClN5O4S. The van der Waals surface area contributed by atoms with Crippen LogP contribution in [0.2, 0.25) is 5.02 Å². The molecule has 4 rings (SSSR count). The van der Waals surface area contributed by atoms with Crippen LogP contribution in [0.1, 0.15) is 11.1 Å². The fraction of sp³-hybridized carbons (Fsp3) is 0. The molecular weight excluding hydrogens is 490 g/mol. The normalized spacial score (nSPS) is 11.5. The van der Waals surface area contributed by atoms with Crippen molar-refractivity contribution in [2.75, 3.05) is 0 Å². The van der Waals surface area contributed by atoms with Crippen LogP contribution in [0.4, 0.5) is 11.5 Å². The van der Waals surface area contributed by atoms with E-state index in [1.165, 1.54) is 30.5 Å². The second-order valence-electron chi connectivity index (χ2n) is 7.38. The molecule has 0 aliphatic carbocycles. The molecule has 11 heteroatoms. The van der Waals surface area contributed by atoms with E-state index in [4.69, 9.17) is 16.7 Å². The SMILES string of the molecule is N#Cc1c(-c2ccc(Cl)cc2)cn(-c2ccc(S(N)(=O)=O)cc2)c1N=Cc1ccc([N+](=O)[O-])cc1. The predicted molar refractivity (Wildman–Crippen MR) is 133 cm³/mol. The van der Waals surface area contributed by atoms with Gasteiger partial charge in [0.05, 0.1) is 9.82 Å². The Hall–Kier alpha value is -4.30. The van der Waals surface area contributed by atoms with E-state index in [1.807, 2.05) is 0 Å². The molecule has 0 unspecified atom stereocenters. The Balaban J connectivity index is 1.86. The second kappa shape index (κ2) is 9.52. The zero-order valence-electron chi connectivity index (χ0n) is 17.9. The summed E-state index contributed by atoms with van der Waals surface area (Å²) in [6, 6.07) is 20.8. The van der Waals surface area contributed by atoms with Crippen molar-refractivity contribution in [1.29, 1.82) is 5.26 Å². The standard InChI is InChI=1S/C24H16ClN5O4S/c25-18-5-3-17(4-6-18)23-15-29(19-9-11-21(12-10-19)35(27,33)34)24(22(23)13-26)28-14-16-1-7-20(8-2-16)30(31)32/h1-12,14-15H,(H2,27,33,34). The highest BCUT2D eigenvalue weighted by atomic mass is 35.5. The summed E-state index contributed by atoms with van der Waals surface area (Å²) in [5, 5.41) is 26.6. The number of aliphatic imine (C=N–C) groups is 1. The molecule has 0 aliphatic heterocycles. The highest BCUT2D eigenvalue weighted by Gasteiger charge is 2.18. The van der Waals surface area contributed by atoms with Gasteiger partial charge >= 0.3 is 0 Å². The van der Waals surface area contributed by atoms with Gasteiger partial charge in [-0.05, 0) is 59.7 Å². The Kier molecular flexibility index (Phi) is 6.48. The number of hydrogen-bond acceptors (Lipinski definition) is 6. The molecule has 1 aromatic heterocycles. The maximum Gasteiger partial charge on any atom is 0.269 e. The minimum absolute atomic E-state index is 0.0526. The number of nitrogens with two attached hydrogens (primary N) is 1. The zero-order valence-corrected chi connectivity index (χ0v) is 19.4. The summed E-state index contributed by atoms with van der Waals surface area (Å²) < 4.78 is 24.9. The topological polar surface area (TPSA) is 144 Å². The van der Waals surface area contributed by atoms with Crippen molar-refractivity contribution in [2.24, 2.45) is 10.1 Å². The Bertz CT molecular complexity index is 1590. The van der Waals surface area contributed by atoms with Crippen LogP contribution >= 0.6 is 11.6 Å². The van der Waals surface area contributed by atoms with Gasteiger partial charge in [0.25, 0.3) is 5.69 Å². The highest BCUT2D eigenvalue weighted by molar-refractivity contribution is 7.89. The molecule has 0 saturated carbocycles. The van der Waals surface area contributed by atoms with Crippen LogP contribution in [0.5, 0.6) is 0 Å². The smallest absolute Gasteiger partial charge is 0.269 e. The van der Waals surface area contributed by atoms with Crippen molar-refractivity contribution in [3.05, 3.63) is 105 Å². The van der Waals surface area contributed by atoms with Crippen molar-refractivity contribution in [3.8, 4) is 22.9 Å². The van der Waals surface area contributed by atoms with E-state index >= 15 is 0 Å². The third-order valence-corrected chi connectivity index (χ3v) is 6.31. The first kappa shape index (κ1) is 23.8. The first-order valence-electron chi connectivity index (χ1n) is 10.0. The van der Waals surface area contributed by atoms with E-state index in [0.29, 0.717) is 27.7 Å². The number of benzene rings is 3. The van der Waals surface area contributed by atoms with Crippen LogP contribution < -0.4 is 5.14 Å². The van der Waals surface area contributed by atoms with Crippen molar-refractivity contribution in [2.45, 2.75) is 4.90 Å². The first-order chi connectivity index (χ1) is 16.7. The van der Waals surface area contributed by atoms with Crippen LogP contribution in [-0.4, -0.2) is 24.1 Å². The average Bonchev–Trinajstić information content (AvgIpc) is 3.21. The van der Waals surface area contributed by atoms with E-state index in [-0.39, 0.29) is 16.1 Å². The average molecular weight is 506 g/mol. The predicted octanol–water partition coefficient (Wildman–Crippen LogP) is 4.98. The Morgan fingerprint density at radius 3 is 2.20 bits per heavy atom. The lowest BCUT2D eigenvalue weighted by atomic mass is 10.1. The number of nitriles is 1. The van der Waals surface area contributed by atoms with Crippen molar-refractivity contribution in [3.63, 3.8) is 0 Å². The van der Waals surface area contributed by atoms with Gasteiger partial charge in [0.1, 0.15) is 11.6 Å². The number of sulfonamides is 1. The van der Waals surface area contributed by atoms with Gasteiger partial charge in [0, 0.05) is 40.8 Å². The lowest BCUT2D eigenvalue weighted by Crippen LogP contribution is -2.11. The Labute approximate surface area is 205 Å². The largest absolute Gasteiger partial charge is 0.300 e. The van der Waals surface area contributed by atoms with Crippen LogP contribution in [0.15, 0.2) is 88.9 Å². The number of nitro benzene ring substituents is 1. The minimum atomic E-state index is -3.87. The van der Waals surface area contributed by atoms with Gasteiger partial charge in [-0.15, -0.1) is 0 Å². The Morgan fingerprint density at radius 2 is 1.66 bits per heavy atom. The number of hydrogen-bond donors (Lipinski definition) is 1. The van der Waals surface area contributed by atoms with E-state index < -0.39 is 14.9 Å². The molecule has 2 N–H and O–H groups in total. The van der Waals surface area contributed by atoms with Gasteiger partial charge < -0.3 is 4.57 Å². The van der Waals surface area contributed by atoms with Gasteiger partial charge in [-0.3, -0.25) is 10.1 Å². The molecule has 0 saturated heterocycles. The van der Waals surface area contributed by atoms with Gasteiger partial charge in [-0.1, -0.05) is 23.7 Å². The summed E-state index contributed by atoms with van der Waals surface area (Å²) in [7, 11) is -3.87. The van der Waals surface area contributed by atoms with E-state index in [0.717, 1.165) is 5.56 Å². The van der Waals surface area contributed by atoms with Crippen LogP contribution in [0.3, 0.4) is 0 Å². The van der Waals surface area contributed by atoms with Crippen molar-refractivity contribution in [1.82, 2.24) is 4.57 Å². The number of nitrogens with zero attached hydrogens (tertiary/aromatic N) is 4. The van der Waals surface area contributed by atoms with Crippen molar-refractivity contribution >= 4 is 39.3 Å². The third-order valence-electron chi connectivity index (χ3n) is 5.13. The van der Waals surface area contributed by atoms with E-state index in [2.05, 4.69) is 11.1 Å². The van der Waals surface area contributed by atoms with Gasteiger partial charge in [0.2, 0.25) is 10.0 Å². The number of aromatic nitrogens is 1. The van der Waals surface area contributed by atoms with Gasteiger partial charge in [0.15, 0.2) is 5.82 Å². The molecule has 0 aliphatic rings. The quantitative estimate of drug-likeness (QED) is 0.223. The highest BCUT2D eigenvalue weighted by Crippen LogP contribution is 2.36. The summed E-state index contributed by atoms with van der Waals surface area (Å²) in [5.41, 5.74) is 2.69. The van der Waals surface area contributed by atoms with Crippen molar-refractivity contribution < 1.29 is 13.3 Å². The lowest BCUT2D eigenvalue weighted by Gasteiger charge is -2.07. The molecule has 4 aromatic rings. The third kappa shape index (κ3) is 5.12. The minimum Gasteiger partial charge on any atom is -0.300 e. The van der Waals surface area contributed by atoms with E-state index in [1.54, 1.807) is 59.3 Å². The fourth-order valence-corrected chi connectivity index (χ4v) is 4.03. The lowest BCUT2D eigenvalue weighted by molar-refractivity contribution is -0.384. The maximum atomic E-state index is 11.6. The molecule has 0 spiro atoms. The Morgan fingerprint density at radius 1 is 1.03 bits per heavy atom. The first-order valence-corrected chi connectivity index (χ1v) is 11.9. The monoisotopic (exact) mass is 505 g/mol. The summed E-state index contributed by atoms with van der Waals surface area (Å²) in [4.78, 5) is 14.9. The van der Waals surface area contributed by atoms with Gasteiger partial charge in [-0.25, -0.2) is 18.5 Å². The summed E-state index contributed by atoms with van der Waals surface area (Å²) >= 11 is 6.01. The summed E-state index contributed by atoms with van der Waals surface area (Å²) in [6.45, 7) is 0. The number of non-ortho nitro benzene ring substituents is 1. The molecule has 0 amide bonds. The zero-order chi connectivity index (χ0) is 25.2. The molecule has 0 fully saturated rings. The number of primary sulfonamides is 1. The molecule has 1 heterocycles. The van der Waals surface area contributed by atoms with E-state index in [9.17, 15) is 23.8 Å². The number of nitro groups is 1. The summed E-state index contributed by atoms with van der Waals surface area (Å²) in [6.07, 6.45) is 3.21. The van der Waals surface area contributed by atoms with Crippen LogP contribution in [-0.2, 0) is 10.0 Å². The maximum absolute atomic E-state index is 11.6. The number of halogens is 1. The molecule has 35 heavy (non-hydrogen) atoms. The molecule has 0 radical (unpaired) electrons. The summed E-state index contributed by atoms with van der Waals surface area (Å²) in [5.74, 6) is 0.291.